The van der Waals surface area contributed by atoms with Crippen LogP contribution in [0.5, 0.6) is 0 Å². The highest BCUT2D eigenvalue weighted by Crippen LogP contribution is 2.12. The smallest absolute Gasteiger partial charge is 0.323 e. The van der Waals surface area contributed by atoms with Gasteiger partial charge in [-0.05, 0) is 0 Å². The molecule has 0 unspecified atom stereocenters. The molecule has 112 valence electrons. The number of hydrogen-bond acceptors (Lipinski definition) is 5. The maximum Gasteiger partial charge on any atom is 0.323 e. The Labute approximate surface area is 118 Å². The summed E-state index contributed by atoms with van der Waals surface area (Å²) in [6.07, 6.45) is -0.474. The van der Waals surface area contributed by atoms with Crippen molar-refractivity contribution >= 4 is 51.0 Å². The Morgan fingerprint density at radius 3 is 1.84 bits per heavy atom. The van der Waals surface area contributed by atoms with Crippen LogP contribution in [0.25, 0.3) is 0 Å². The van der Waals surface area contributed by atoms with Crippen LogP contribution >= 0.6 is 23.2 Å². The van der Waals surface area contributed by atoms with Gasteiger partial charge >= 0.3 is 18.0 Å². The maximum atomic E-state index is 10.7. The first kappa shape index (κ1) is 20.1. The van der Waals surface area contributed by atoms with Gasteiger partial charge in [-0.15, -0.1) is 0 Å². The third-order valence-corrected chi connectivity index (χ3v) is 4.23. The van der Waals surface area contributed by atoms with Crippen LogP contribution in [0.4, 0.5) is 4.79 Å². The first-order valence-electron chi connectivity index (χ1n) is 4.45. The lowest BCUT2D eigenvalue weighted by molar-refractivity contribution is -0.137. The summed E-state index contributed by atoms with van der Waals surface area (Å²) in [6, 6.07) is -0.826. The number of carboxylic acids is 2. The van der Waals surface area contributed by atoms with Gasteiger partial charge in [0.05, 0.1) is 12.2 Å². The number of nitrogens with one attached hydrogen (secondary N) is 1. The zero-order chi connectivity index (χ0) is 15.6. The molecule has 0 aliphatic carbocycles. The third-order valence-electron chi connectivity index (χ3n) is 1.29. The number of halogens is 2. The first-order chi connectivity index (χ1) is 8.49. The largest absolute Gasteiger partial charge is 0.481 e. The summed E-state index contributed by atoms with van der Waals surface area (Å²) in [5, 5.41) is 17.9. The van der Waals surface area contributed by atoms with Crippen molar-refractivity contribution in [3.8, 4) is 0 Å². The number of carbonyl (C=O) groups excluding carboxylic acids is 1. The molecule has 19 heavy (non-hydrogen) atoms. The van der Waals surface area contributed by atoms with E-state index in [4.69, 9.17) is 33.4 Å². The predicted octanol–water partition coefficient (Wildman–Crippen LogP) is -0.624. The Bertz CT molecular complexity index is 409. The third kappa shape index (κ3) is 14.7. The van der Waals surface area contributed by atoms with E-state index in [0.29, 0.717) is 0 Å². The summed E-state index contributed by atoms with van der Waals surface area (Å²) < 4.78 is 19.9. The molecule has 0 radical (unpaired) electrons. The van der Waals surface area contributed by atoms with Crippen LogP contribution in [0.15, 0.2) is 0 Å². The topological polar surface area (TPSA) is 164 Å². The molecule has 12 heteroatoms. The van der Waals surface area contributed by atoms with Crippen molar-refractivity contribution in [3.05, 3.63) is 0 Å². The molecule has 0 heterocycles. The molecule has 0 spiro atoms. The highest BCUT2D eigenvalue weighted by atomic mass is 35.5. The number of rotatable bonds is 6. The van der Waals surface area contributed by atoms with E-state index < -0.39 is 50.7 Å². The summed E-state index contributed by atoms with van der Waals surface area (Å²) in [4.78, 5) is 29.3. The molecule has 0 atom stereocenters. The zero-order valence-electron chi connectivity index (χ0n) is 9.38. The van der Waals surface area contributed by atoms with Gasteiger partial charge in [-0.3, -0.25) is 9.59 Å². The van der Waals surface area contributed by atoms with E-state index in [9.17, 15) is 22.8 Å². The standard InChI is InChI=1S/C4H6Cl2O4S.C3H6N2O3/c5-4(6)11(9,10)2-1-3(7)8;4-3(8)5-1-2(6)7/h4H,1-2H2,(H,7,8);1H2,(H,6,7)(H3,4,5,8). The van der Waals surface area contributed by atoms with Gasteiger partial charge in [0, 0.05) is 0 Å². The molecule has 0 aromatic heterocycles. The molecule has 0 saturated heterocycles. The van der Waals surface area contributed by atoms with Crippen molar-refractivity contribution in [3.63, 3.8) is 0 Å². The number of urea groups is 1. The molecule has 9 nitrogen and oxygen atoms in total. The van der Waals surface area contributed by atoms with Gasteiger partial charge in [0.15, 0.2) is 9.84 Å². The van der Waals surface area contributed by atoms with Gasteiger partial charge in [0.1, 0.15) is 6.54 Å². The second kappa shape index (κ2) is 9.64. The molecule has 2 amide bonds. The van der Waals surface area contributed by atoms with Crippen molar-refractivity contribution in [2.45, 2.75) is 10.6 Å². The van der Waals surface area contributed by atoms with Crippen LogP contribution in [-0.2, 0) is 19.4 Å². The van der Waals surface area contributed by atoms with Crippen molar-refractivity contribution in [1.29, 1.82) is 0 Å². The van der Waals surface area contributed by atoms with Gasteiger partial charge in [-0.25, -0.2) is 13.2 Å². The number of carboxylic acid groups (broad SMARTS) is 2. The van der Waals surface area contributed by atoms with Crippen LogP contribution in [-0.4, -0.2) is 53.1 Å². The Morgan fingerprint density at radius 2 is 1.63 bits per heavy atom. The SMILES string of the molecule is NC(=O)NCC(=O)O.O=C(O)CCS(=O)(=O)C(Cl)Cl. The van der Waals surface area contributed by atoms with Gasteiger partial charge in [-0.1, -0.05) is 23.2 Å². The van der Waals surface area contributed by atoms with Crippen molar-refractivity contribution in [1.82, 2.24) is 5.32 Å². The number of sulfone groups is 1. The van der Waals surface area contributed by atoms with Crippen LogP contribution in [0.3, 0.4) is 0 Å². The number of carbonyl (C=O) groups is 3. The molecule has 0 fully saturated rings. The van der Waals surface area contributed by atoms with Crippen molar-refractivity contribution in [2.24, 2.45) is 5.73 Å². The average Bonchev–Trinajstić information content (AvgIpc) is 2.24. The molecular weight excluding hydrogens is 327 g/mol. The van der Waals surface area contributed by atoms with E-state index in [2.05, 4.69) is 5.73 Å². The fourth-order valence-electron chi connectivity index (χ4n) is 0.481. The molecule has 0 aromatic rings. The second-order valence-electron chi connectivity index (χ2n) is 2.88. The quantitative estimate of drug-likeness (QED) is 0.468. The Morgan fingerprint density at radius 1 is 1.16 bits per heavy atom. The molecule has 5 N–H and O–H groups in total. The summed E-state index contributed by atoms with van der Waals surface area (Å²) >= 11 is 10.1. The van der Waals surface area contributed by atoms with Gasteiger partial charge in [-0.2, -0.15) is 0 Å². The van der Waals surface area contributed by atoms with E-state index in [1.54, 1.807) is 0 Å². The minimum atomic E-state index is -3.64. The Kier molecular flexibility index (Phi) is 10.2. The van der Waals surface area contributed by atoms with Crippen LogP contribution in [0.2, 0.25) is 0 Å². The maximum absolute atomic E-state index is 10.7. The van der Waals surface area contributed by atoms with Crippen molar-refractivity contribution < 1.29 is 33.0 Å². The lowest BCUT2D eigenvalue weighted by atomic mass is 10.5. The highest BCUT2D eigenvalue weighted by Gasteiger charge is 2.20. The number of alkyl halides is 2. The van der Waals surface area contributed by atoms with Crippen LogP contribution < -0.4 is 11.1 Å². The van der Waals surface area contributed by atoms with E-state index in [0.717, 1.165) is 0 Å². The van der Waals surface area contributed by atoms with E-state index >= 15 is 0 Å². The molecule has 0 aliphatic heterocycles. The summed E-state index contributed by atoms with van der Waals surface area (Å²) in [6.45, 7) is -0.421. The Balaban J connectivity index is 0. The molecule has 0 saturated carbocycles. The summed E-state index contributed by atoms with van der Waals surface area (Å²) in [5.74, 6) is -2.83. The monoisotopic (exact) mass is 338 g/mol. The number of nitrogens with two attached hydrogens (primary N) is 1. The first-order valence-corrected chi connectivity index (χ1v) is 7.04. The normalized spacial score (nSPS) is 10.3. The second-order valence-corrected chi connectivity index (χ2v) is 6.70. The van der Waals surface area contributed by atoms with E-state index in [1.807, 2.05) is 5.32 Å². The lowest BCUT2D eigenvalue weighted by Crippen LogP contribution is -2.33. The van der Waals surface area contributed by atoms with Crippen LogP contribution in [0, 0.1) is 0 Å². The number of primary amides is 1. The Hall–Kier alpha value is -1.26. The lowest BCUT2D eigenvalue weighted by Gasteiger charge is -2.00. The number of aliphatic carboxylic acids is 2. The van der Waals surface area contributed by atoms with Gasteiger partial charge in [0.2, 0.25) is 4.17 Å². The summed E-state index contributed by atoms with van der Waals surface area (Å²) in [7, 11) is -3.64. The fourth-order valence-corrected chi connectivity index (χ4v) is 1.65. The molecular formula is C7H12Cl2N2O7S. The highest BCUT2D eigenvalue weighted by molar-refractivity contribution is 7.94. The average molecular weight is 339 g/mol. The van der Waals surface area contributed by atoms with E-state index in [1.165, 1.54) is 0 Å². The minimum absolute atomic E-state index is 0.421. The molecule has 0 aliphatic rings. The predicted molar refractivity (Wildman–Crippen MR) is 66.8 cm³/mol. The molecule has 0 aromatic carbocycles. The van der Waals surface area contributed by atoms with E-state index in [-0.39, 0.29) is 0 Å². The van der Waals surface area contributed by atoms with Crippen LogP contribution in [0.1, 0.15) is 6.42 Å². The zero-order valence-corrected chi connectivity index (χ0v) is 11.7. The number of amides is 2. The molecule has 0 rings (SSSR count). The minimum Gasteiger partial charge on any atom is -0.481 e. The molecule has 0 bridgehead atoms. The number of hydrogen-bond donors (Lipinski definition) is 4. The van der Waals surface area contributed by atoms with Gasteiger partial charge < -0.3 is 21.3 Å². The van der Waals surface area contributed by atoms with Gasteiger partial charge in [0.25, 0.3) is 0 Å². The fraction of sp³-hybridized carbons (Fsp3) is 0.571. The van der Waals surface area contributed by atoms with Crippen molar-refractivity contribution in [2.75, 3.05) is 12.3 Å². The summed E-state index contributed by atoms with van der Waals surface area (Å²) in [5.41, 5.74) is 4.53.